The molecule has 7 heteroatoms. The van der Waals surface area contributed by atoms with Crippen LogP contribution in [0.5, 0.6) is 0 Å². The predicted molar refractivity (Wildman–Crippen MR) is 47.7 cm³/mol. The molecule has 0 aliphatic rings. The van der Waals surface area contributed by atoms with Crippen LogP contribution in [0.15, 0.2) is 23.6 Å². The summed E-state index contributed by atoms with van der Waals surface area (Å²) < 4.78 is 24.6. The Morgan fingerprint density at radius 3 is 2.79 bits per heavy atom. The van der Waals surface area contributed by atoms with E-state index >= 15 is 0 Å². The quantitative estimate of drug-likeness (QED) is 0.699. The molecule has 14 heavy (non-hydrogen) atoms. The van der Waals surface area contributed by atoms with Crippen molar-refractivity contribution in [3.63, 3.8) is 0 Å². The maximum Gasteiger partial charge on any atom is 0.281 e. The van der Waals surface area contributed by atoms with Crippen LogP contribution in [0.4, 0.5) is 0 Å². The fourth-order valence-electron chi connectivity index (χ4n) is 0.712. The number of carbonyl (C=O) groups is 1. The minimum atomic E-state index is -3.82. The van der Waals surface area contributed by atoms with Gasteiger partial charge in [0.2, 0.25) is 5.91 Å². The number of amides is 1. The molecule has 0 bridgehead atoms. The second kappa shape index (κ2) is 4.14. The first-order chi connectivity index (χ1) is 6.56. The van der Waals surface area contributed by atoms with E-state index < -0.39 is 15.9 Å². The molecule has 0 fully saturated rings. The summed E-state index contributed by atoms with van der Waals surface area (Å²) in [6, 6.07) is 1.21. The first kappa shape index (κ1) is 10.6. The number of nitrogens with zero attached hydrogens (tertiary/aromatic N) is 2. The maximum atomic E-state index is 11.4. The highest BCUT2D eigenvalue weighted by molar-refractivity contribution is 7.90. The molecule has 0 saturated heterocycles. The minimum Gasteiger partial charge on any atom is -0.274 e. The Bertz CT molecular complexity index is 415. The number of carbonyl (C=O) groups excluding carboxylic acids is 1. The van der Waals surface area contributed by atoms with Crippen LogP contribution in [0, 0.1) is 0 Å². The molecule has 0 saturated carbocycles. The van der Waals surface area contributed by atoms with E-state index in [1.54, 1.807) is 6.92 Å². The summed E-state index contributed by atoms with van der Waals surface area (Å²) in [6.45, 7) is 1.56. The van der Waals surface area contributed by atoms with Crippen molar-refractivity contribution < 1.29 is 13.2 Å². The third-order valence-electron chi connectivity index (χ3n) is 1.40. The molecule has 0 unspecified atom stereocenters. The summed E-state index contributed by atoms with van der Waals surface area (Å²) in [7, 11) is -3.82. The van der Waals surface area contributed by atoms with Crippen molar-refractivity contribution in [3.05, 3.63) is 18.6 Å². The van der Waals surface area contributed by atoms with Crippen molar-refractivity contribution in [2.45, 2.75) is 18.4 Å². The third-order valence-corrected chi connectivity index (χ3v) is 2.69. The van der Waals surface area contributed by atoms with Crippen LogP contribution in [0.1, 0.15) is 13.3 Å². The van der Waals surface area contributed by atoms with Crippen LogP contribution in [-0.4, -0.2) is 24.3 Å². The van der Waals surface area contributed by atoms with E-state index in [0.717, 1.165) is 6.33 Å². The molecule has 76 valence electrons. The lowest BCUT2D eigenvalue weighted by atomic mass is 10.5. The summed E-state index contributed by atoms with van der Waals surface area (Å²) in [5.74, 6) is -0.566. The Morgan fingerprint density at radius 1 is 1.57 bits per heavy atom. The fraction of sp³-hybridized carbons (Fsp3) is 0.286. The molecule has 1 rings (SSSR count). The molecule has 1 N–H and O–H groups in total. The van der Waals surface area contributed by atoms with Gasteiger partial charge in [-0.2, -0.15) is 8.42 Å². The summed E-state index contributed by atoms with van der Waals surface area (Å²) in [5.41, 5.74) is 0. The van der Waals surface area contributed by atoms with Gasteiger partial charge in [-0.25, -0.2) is 14.7 Å². The second-order valence-corrected chi connectivity index (χ2v) is 4.06. The highest BCUT2D eigenvalue weighted by Crippen LogP contribution is 2.01. The molecule has 1 aromatic rings. The van der Waals surface area contributed by atoms with Gasteiger partial charge in [0.25, 0.3) is 10.0 Å². The Labute approximate surface area is 81.4 Å². The highest BCUT2D eigenvalue weighted by Gasteiger charge is 2.17. The first-order valence-corrected chi connectivity index (χ1v) is 5.36. The molecule has 0 atom stereocenters. The number of aromatic nitrogens is 2. The van der Waals surface area contributed by atoms with E-state index in [9.17, 15) is 13.2 Å². The van der Waals surface area contributed by atoms with E-state index in [1.165, 1.54) is 12.3 Å². The molecular formula is C7H9N3O3S. The summed E-state index contributed by atoms with van der Waals surface area (Å²) in [5, 5.41) is -0.214. The van der Waals surface area contributed by atoms with Gasteiger partial charge < -0.3 is 0 Å². The second-order valence-electron chi connectivity index (χ2n) is 2.43. The summed E-state index contributed by atoms with van der Waals surface area (Å²) in [6.07, 6.45) is 2.49. The van der Waals surface area contributed by atoms with Crippen LogP contribution in [-0.2, 0) is 14.8 Å². The summed E-state index contributed by atoms with van der Waals surface area (Å²) in [4.78, 5) is 18.0. The van der Waals surface area contributed by atoms with E-state index in [0.29, 0.717) is 0 Å². The third kappa shape index (κ3) is 2.49. The van der Waals surface area contributed by atoms with Gasteiger partial charge >= 0.3 is 0 Å². The Hall–Kier alpha value is -1.50. The van der Waals surface area contributed by atoms with E-state index in [2.05, 4.69) is 9.97 Å². The maximum absolute atomic E-state index is 11.4. The molecule has 0 aromatic carbocycles. The normalized spacial score (nSPS) is 10.9. The van der Waals surface area contributed by atoms with Crippen LogP contribution in [0.25, 0.3) is 0 Å². The standard InChI is InChI=1S/C7H9N3O3S/c1-2-6(11)10-14(12,13)7-3-4-8-5-9-7/h3-5H,2H2,1H3,(H,10,11). The van der Waals surface area contributed by atoms with Crippen LogP contribution in [0.2, 0.25) is 0 Å². The van der Waals surface area contributed by atoms with E-state index in [-0.39, 0.29) is 11.4 Å². The van der Waals surface area contributed by atoms with Gasteiger partial charge in [0.15, 0.2) is 5.03 Å². The number of nitrogens with one attached hydrogen (secondary N) is 1. The predicted octanol–water partition coefficient (Wildman–Crippen LogP) is -0.309. The Kier molecular flexibility index (Phi) is 3.13. The molecule has 1 heterocycles. The van der Waals surface area contributed by atoms with Crippen molar-refractivity contribution in [3.8, 4) is 0 Å². The van der Waals surface area contributed by atoms with Gasteiger partial charge in [-0.05, 0) is 6.07 Å². The average Bonchev–Trinajstić information content (AvgIpc) is 2.18. The first-order valence-electron chi connectivity index (χ1n) is 3.88. The van der Waals surface area contributed by atoms with Crippen molar-refractivity contribution in [2.75, 3.05) is 0 Å². The van der Waals surface area contributed by atoms with Crippen LogP contribution in [0.3, 0.4) is 0 Å². The van der Waals surface area contributed by atoms with Crippen molar-refractivity contribution in [2.24, 2.45) is 0 Å². The van der Waals surface area contributed by atoms with Crippen molar-refractivity contribution in [1.29, 1.82) is 0 Å². The smallest absolute Gasteiger partial charge is 0.274 e. The van der Waals surface area contributed by atoms with E-state index in [4.69, 9.17) is 0 Å². The lowest BCUT2D eigenvalue weighted by molar-refractivity contribution is -0.119. The SMILES string of the molecule is CCC(=O)NS(=O)(=O)c1ccncn1. The molecule has 0 spiro atoms. The minimum absolute atomic E-state index is 0.102. The van der Waals surface area contributed by atoms with Gasteiger partial charge in [0, 0.05) is 12.6 Å². The Morgan fingerprint density at radius 2 is 2.29 bits per heavy atom. The highest BCUT2D eigenvalue weighted by atomic mass is 32.2. The largest absolute Gasteiger partial charge is 0.281 e. The number of rotatable bonds is 3. The molecule has 0 radical (unpaired) electrons. The topological polar surface area (TPSA) is 89.0 Å². The zero-order valence-electron chi connectivity index (χ0n) is 7.47. The van der Waals surface area contributed by atoms with Gasteiger partial charge in [-0.1, -0.05) is 6.92 Å². The van der Waals surface area contributed by atoms with Crippen molar-refractivity contribution in [1.82, 2.24) is 14.7 Å². The van der Waals surface area contributed by atoms with Gasteiger partial charge in [-0.15, -0.1) is 0 Å². The lowest BCUT2D eigenvalue weighted by Gasteiger charge is -2.03. The zero-order chi connectivity index (χ0) is 10.6. The average molecular weight is 215 g/mol. The molecule has 0 aliphatic carbocycles. The fourth-order valence-corrected chi connectivity index (χ4v) is 1.69. The molecule has 6 nitrogen and oxygen atoms in total. The van der Waals surface area contributed by atoms with Crippen LogP contribution >= 0.6 is 0 Å². The number of hydrogen-bond donors (Lipinski definition) is 1. The van der Waals surface area contributed by atoms with Gasteiger partial charge in [0.05, 0.1) is 0 Å². The molecular weight excluding hydrogens is 206 g/mol. The Balaban J connectivity index is 2.93. The molecule has 1 amide bonds. The van der Waals surface area contributed by atoms with Gasteiger partial charge in [0.1, 0.15) is 6.33 Å². The lowest BCUT2D eigenvalue weighted by Crippen LogP contribution is -2.30. The monoisotopic (exact) mass is 215 g/mol. The molecule has 0 aliphatic heterocycles. The summed E-state index contributed by atoms with van der Waals surface area (Å²) >= 11 is 0. The zero-order valence-corrected chi connectivity index (χ0v) is 8.28. The molecule has 1 aromatic heterocycles. The van der Waals surface area contributed by atoms with Crippen molar-refractivity contribution >= 4 is 15.9 Å². The van der Waals surface area contributed by atoms with Crippen LogP contribution < -0.4 is 4.72 Å². The van der Waals surface area contributed by atoms with Gasteiger partial charge in [-0.3, -0.25) is 4.79 Å². The van der Waals surface area contributed by atoms with E-state index in [1.807, 2.05) is 4.72 Å². The number of hydrogen-bond acceptors (Lipinski definition) is 5. The number of sulfonamides is 1.